The fraction of sp³-hybridized carbons (Fsp3) is 0.333. The van der Waals surface area contributed by atoms with Gasteiger partial charge in [0.05, 0.1) is 41.9 Å². The Kier molecular flexibility index (Phi) is 6.73. The number of hydrogen-bond donors (Lipinski definition) is 2. The predicted molar refractivity (Wildman–Crippen MR) is 147 cm³/mol. The summed E-state index contributed by atoms with van der Waals surface area (Å²) in [6.45, 7) is 3.90. The van der Waals surface area contributed by atoms with Crippen LogP contribution in [-0.4, -0.2) is 76.0 Å². The summed E-state index contributed by atoms with van der Waals surface area (Å²) in [5.74, 6) is 1.30. The van der Waals surface area contributed by atoms with E-state index in [1.165, 1.54) is 0 Å². The molecule has 0 aliphatic carbocycles. The van der Waals surface area contributed by atoms with E-state index in [1.54, 1.807) is 19.5 Å². The Morgan fingerprint density at radius 3 is 2.79 bits per heavy atom. The van der Waals surface area contributed by atoms with Gasteiger partial charge in [0.2, 0.25) is 11.9 Å². The van der Waals surface area contributed by atoms with E-state index in [0.29, 0.717) is 35.5 Å². The standard InChI is InChI=1S/C27H29ClN8O2/c1-38-23-15-18(34-11-13-35(14-12-34)26(37)21-5-4-9-29-21)7-8-20(23)32-27-31-16-19(28)25(33-27)22-17-30-24-6-2-3-10-36(22)24/h2-3,6-8,10,15-17,21,29H,4-5,9,11-14H2,1H3,(H,31,32,33)/t21-/m0/s1. The van der Waals surface area contributed by atoms with Crippen LogP contribution in [0.3, 0.4) is 0 Å². The second kappa shape index (κ2) is 10.5. The van der Waals surface area contributed by atoms with Gasteiger partial charge in [-0.3, -0.25) is 9.20 Å². The summed E-state index contributed by atoms with van der Waals surface area (Å²) in [7, 11) is 1.64. The molecular weight excluding hydrogens is 504 g/mol. The van der Waals surface area contributed by atoms with Gasteiger partial charge in [0.1, 0.15) is 17.1 Å². The number of anilines is 3. The van der Waals surface area contributed by atoms with E-state index < -0.39 is 0 Å². The van der Waals surface area contributed by atoms with E-state index in [9.17, 15) is 4.79 Å². The van der Waals surface area contributed by atoms with Crippen LogP contribution in [0.1, 0.15) is 12.8 Å². The van der Waals surface area contributed by atoms with Crippen molar-refractivity contribution in [3.63, 3.8) is 0 Å². The Balaban J connectivity index is 1.18. The highest BCUT2D eigenvalue weighted by atomic mass is 35.5. The van der Waals surface area contributed by atoms with Gasteiger partial charge in [-0.2, -0.15) is 0 Å². The van der Waals surface area contributed by atoms with Crippen molar-refractivity contribution >= 4 is 40.5 Å². The molecule has 0 radical (unpaired) electrons. The number of fused-ring (bicyclic) bond motifs is 1. The lowest BCUT2D eigenvalue weighted by Crippen LogP contribution is -2.53. The molecule has 1 amide bonds. The molecule has 2 N–H and O–H groups in total. The number of ether oxygens (including phenoxy) is 1. The molecule has 1 aromatic carbocycles. The number of rotatable bonds is 6. The van der Waals surface area contributed by atoms with Crippen molar-refractivity contribution in [2.45, 2.75) is 18.9 Å². The highest BCUT2D eigenvalue weighted by Crippen LogP contribution is 2.33. The largest absolute Gasteiger partial charge is 0.494 e. The molecule has 3 aromatic heterocycles. The van der Waals surface area contributed by atoms with Gasteiger partial charge in [-0.25, -0.2) is 15.0 Å². The molecule has 2 saturated heterocycles. The van der Waals surface area contributed by atoms with E-state index in [-0.39, 0.29) is 11.9 Å². The lowest BCUT2D eigenvalue weighted by atomic mass is 10.1. The molecule has 0 unspecified atom stereocenters. The molecule has 4 aromatic rings. The van der Waals surface area contributed by atoms with Crippen LogP contribution >= 0.6 is 11.6 Å². The molecule has 2 fully saturated rings. The van der Waals surface area contributed by atoms with Crippen LogP contribution in [-0.2, 0) is 4.79 Å². The molecule has 0 saturated carbocycles. The van der Waals surface area contributed by atoms with E-state index >= 15 is 0 Å². The highest BCUT2D eigenvalue weighted by molar-refractivity contribution is 6.32. The Labute approximate surface area is 225 Å². The Hall–Kier alpha value is -3.89. The summed E-state index contributed by atoms with van der Waals surface area (Å²) in [5, 5.41) is 7.02. The van der Waals surface area contributed by atoms with E-state index in [0.717, 1.165) is 55.2 Å². The molecule has 0 spiro atoms. The van der Waals surface area contributed by atoms with Crippen molar-refractivity contribution in [2.24, 2.45) is 0 Å². The van der Waals surface area contributed by atoms with E-state index in [4.69, 9.17) is 16.3 Å². The van der Waals surface area contributed by atoms with Gasteiger partial charge in [-0.15, -0.1) is 0 Å². The first kappa shape index (κ1) is 24.4. The molecule has 10 nitrogen and oxygen atoms in total. The molecule has 11 heteroatoms. The number of nitrogens with zero attached hydrogens (tertiary/aromatic N) is 6. The number of carbonyl (C=O) groups is 1. The van der Waals surface area contributed by atoms with Gasteiger partial charge in [0, 0.05) is 44.1 Å². The lowest BCUT2D eigenvalue weighted by Gasteiger charge is -2.37. The maximum Gasteiger partial charge on any atom is 0.239 e. The normalized spacial score (nSPS) is 17.7. The van der Waals surface area contributed by atoms with Gasteiger partial charge >= 0.3 is 0 Å². The highest BCUT2D eigenvalue weighted by Gasteiger charge is 2.29. The topological polar surface area (TPSA) is 99.9 Å². The van der Waals surface area contributed by atoms with Crippen LogP contribution in [0.2, 0.25) is 5.02 Å². The molecule has 6 rings (SSSR count). The summed E-state index contributed by atoms with van der Waals surface area (Å²) in [6.07, 6.45) is 7.26. The van der Waals surface area contributed by atoms with Gasteiger partial charge in [0.15, 0.2) is 0 Å². The third-order valence-electron chi connectivity index (χ3n) is 7.15. The first-order valence-corrected chi connectivity index (χ1v) is 13.2. The summed E-state index contributed by atoms with van der Waals surface area (Å²) in [5.41, 5.74) is 3.95. The molecule has 2 aliphatic rings. The second-order valence-electron chi connectivity index (χ2n) is 9.43. The predicted octanol–water partition coefficient (Wildman–Crippen LogP) is 3.60. The van der Waals surface area contributed by atoms with Gasteiger partial charge < -0.3 is 25.2 Å². The van der Waals surface area contributed by atoms with Crippen LogP contribution in [0.25, 0.3) is 17.0 Å². The molecule has 5 heterocycles. The second-order valence-corrected chi connectivity index (χ2v) is 9.84. The number of pyridine rings is 1. The Bertz CT molecular complexity index is 1460. The zero-order valence-corrected chi connectivity index (χ0v) is 21.9. The van der Waals surface area contributed by atoms with Crippen molar-refractivity contribution in [1.82, 2.24) is 29.6 Å². The molecule has 0 bridgehead atoms. The Morgan fingerprint density at radius 1 is 1.13 bits per heavy atom. The summed E-state index contributed by atoms with van der Waals surface area (Å²) in [6, 6.07) is 11.8. The summed E-state index contributed by atoms with van der Waals surface area (Å²) in [4.78, 5) is 30.5. The summed E-state index contributed by atoms with van der Waals surface area (Å²) >= 11 is 6.47. The molecule has 196 valence electrons. The number of aromatic nitrogens is 4. The van der Waals surface area contributed by atoms with Crippen LogP contribution in [0, 0.1) is 0 Å². The third kappa shape index (κ3) is 4.72. The fourth-order valence-electron chi connectivity index (χ4n) is 5.12. The molecular formula is C27H29ClN8O2. The van der Waals surface area contributed by atoms with Crippen molar-refractivity contribution < 1.29 is 9.53 Å². The van der Waals surface area contributed by atoms with Crippen LogP contribution in [0.15, 0.2) is 55.0 Å². The maximum absolute atomic E-state index is 12.7. The third-order valence-corrected chi connectivity index (χ3v) is 7.43. The minimum absolute atomic E-state index is 0.0182. The minimum atomic E-state index is -0.0182. The van der Waals surface area contributed by atoms with Crippen LogP contribution in [0.4, 0.5) is 17.3 Å². The van der Waals surface area contributed by atoms with Crippen molar-refractivity contribution in [1.29, 1.82) is 0 Å². The first-order chi connectivity index (χ1) is 18.6. The number of benzene rings is 1. The maximum atomic E-state index is 12.7. The summed E-state index contributed by atoms with van der Waals surface area (Å²) < 4.78 is 7.64. The number of nitrogens with one attached hydrogen (secondary N) is 2. The molecule has 1 atom stereocenters. The average Bonchev–Trinajstić information content (AvgIpc) is 3.65. The zero-order chi connectivity index (χ0) is 26.1. The monoisotopic (exact) mass is 532 g/mol. The van der Waals surface area contributed by atoms with E-state index in [2.05, 4.69) is 30.5 Å². The number of imidazole rings is 1. The van der Waals surface area contributed by atoms with Crippen molar-refractivity contribution in [3.8, 4) is 17.1 Å². The lowest BCUT2D eigenvalue weighted by molar-refractivity contribution is -0.133. The number of methoxy groups -OCH3 is 1. The van der Waals surface area contributed by atoms with Crippen molar-refractivity contribution in [2.75, 3.05) is 50.1 Å². The quantitative estimate of drug-likeness (QED) is 0.388. The smallest absolute Gasteiger partial charge is 0.239 e. The van der Waals surface area contributed by atoms with E-state index in [1.807, 2.05) is 51.9 Å². The minimum Gasteiger partial charge on any atom is -0.494 e. The first-order valence-electron chi connectivity index (χ1n) is 12.8. The SMILES string of the molecule is COc1cc(N2CCN(C(=O)[C@@H]3CCCN3)CC2)ccc1Nc1ncc(Cl)c(-c2cnc3ccccn23)n1. The van der Waals surface area contributed by atoms with Crippen LogP contribution in [0.5, 0.6) is 5.75 Å². The molecule has 2 aliphatic heterocycles. The van der Waals surface area contributed by atoms with Gasteiger partial charge in [-0.1, -0.05) is 17.7 Å². The number of halogens is 1. The number of piperazine rings is 1. The fourth-order valence-corrected chi connectivity index (χ4v) is 5.30. The molecule has 38 heavy (non-hydrogen) atoms. The van der Waals surface area contributed by atoms with Gasteiger partial charge in [0.25, 0.3) is 0 Å². The Morgan fingerprint density at radius 2 is 2.00 bits per heavy atom. The zero-order valence-electron chi connectivity index (χ0n) is 21.1. The van der Waals surface area contributed by atoms with Gasteiger partial charge in [-0.05, 0) is 43.7 Å². The average molecular weight is 533 g/mol. The van der Waals surface area contributed by atoms with Crippen molar-refractivity contribution in [3.05, 3.63) is 60.0 Å². The number of carbonyl (C=O) groups excluding carboxylic acids is 1. The van der Waals surface area contributed by atoms with Crippen LogP contribution < -0.4 is 20.3 Å². The number of amides is 1. The number of hydrogen-bond acceptors (Lipinski definition) is 8.